The lowest BCUT2D eigenvalue weighted by molar-refractivity contribution is 0.336. The van der Waals surface area contributed by atoms with E-state index in [9.17, 15) is 5.11 Å². The van der Waals surface area contributed by atoms with E-state index in [2.05, 4.69) is 21.2 Å². The molecule has 1 saturated carbocycles. The van der Waals surface area contributed by atoms with E-state index in [1.165, 1.54) is 19.3 Å². The van der Waals surface area contributed by atoms with Crippen LogP contribution in [-0.4, -0.2) is 11.1 Å². The van der Waals surface area contributed by atoms with E-state index in [-0.39, 0.29) is 0 Å². The summed E-state index contributed by atoms with van der Waals surface area (Å²) < 4.78 is 0.919. The first kappa shape index (κ1) is 9.99. The fraction of sp³-hybridized carbons (Fsp3) is 0.455. The van der Waals surface area contributed by atoms with Crippen molar-refractivity contribution in [1.82, 2.24) is 5.32 Å². The molecule has 0 amide bonds. The van der Waals surface area contributed by atoms with Crippen molar-refractivity contribution >= 4 is 15.9 Å². The molecule has 0 atom stereocenters. The summed E-state index contributed by atoms with van der Waals surface area (Å²) in [6.07, 6.45) is 3.89. The zero-order chi connectivity index (χ0) is 9.97. The van der Waals surface area contributed by atoms with Gasteiger partial charge in [-0.25, -0.2) is 0 Å². The topological polar surface area (TPSA) is 32.3 Å². The predicted molar refractivity (Wildman–Crippen MR) is 60.3 cm³/mol. The quantitative estimate of drug-likeness (QED) is 0.871. The maximum Gasteiger partial charge on any atom is 0.121 e. The Bertz CT molecular complexity index is 323. The Hall–Kier alpha value is -0.540. The number of rotatable bonds is 3. The summed E-state index contributed by atoms with van der Waals surface area (Å²) in [4.78, 5) is 0. The van der Waals surface area contributed by atoms with Crippen LogP contribution in [0.15, 0.2) is 22.7 Å². The van der Waals surface area contributed by atoms with Gasteiger partial charge >= 0.3 is 0 Å². The molecular weight excluding hydrogens is 242 g/mol. The lowest BCUT2D eigenvalue weighted by atomic mass is 9.93. The third-order valence-electron chi connectivity index (χ3n) is 2.73. The molecule has 0 radical (unpaired) electrons. The van der Waals surface area contributed by atoms with Crippen molar-refractivity contribution in [3.8, 4) is 5.75 Å². The molecule has 0 aliphatic heterocycles. The molecule has 1 aromatic rings. The highest BCUT2D eigenvalue weighted by atomic mass is 79.9. The molecule has 0 heterocycles. The fourth-order valence-corrected chi connectivity index (χ4v) is 1.90. The van der Waals surface area contributed by atoms with E-state index in [1.807, 2.05) is 12.1 Å². The SMILES string of the molecule is Oc1cc(Br)ccc1CNC1CCC1. The summed E-state index contributed by atoms with van der Waals surface area (Å²) >= 11 is 3.32. The summed E-state index contributed by atoms with van der Waals surface area (Å²) in [5, 5.41) is 13.0. The van der Waals surface area contributed by atoms with Gasteiger partial charge in [0.15, 0.2) is 0 Å². The van der Waals surface area contributed by atoms with Gasteiger partial charge in [-0.1, -0.05) is 28.4 Å². The minimum atomic E-state index is 0.367. The van der Waals surface area contributed by atoms with Crippen LogP contribution in [0.4, 0.5) is 0 Å². The molecule has 2 N–H and O–H groups in total. The number of nitrogens with one attached hydrogen (secondary N) is 1. The van der Waals surface area contributed by atoms with Crippen LogP contribution < -0.4 is 5.32 Å². The number of aromatic hydroxyl groups is 1. The van der Waals surface area contributed by atoms with Crippen LogP contribution in [0.1, 0.15) is 24.8 Å². The molecule has 1 aliphatic carbocycles. The highest BCUT2D eigenvalue weighted by Gasteiger charge is 2.16. The molecule has 1 aromatic carbocycles. The Kier molecular flexibility index (Phi) is 3.08. The van der Waals surface area contributed by atoms with E-state index in [1.54, 1.807) is 6.07 Å². The van der Waals surface area contributed by atoms with Crippen molar-refractivity contribution in [3.05, 3.63) is 28.2 Å². The van der Waals surface area contributed by atoms with Crippen LogP contribution in [0.5, 0.6) is 5.75 Å². The summed E-state index contributed by atoms with van der Waals surface area (Å²) in [6, 6.07) is 6.30. The van der Waals surface area contributed by atoms with Crippen LogP contribution in [0.25, 0.3) is 0 Å². The molecule has 76 valence electrons. The van der Waals surface area contributed by atoms with Gasteiger partial charge in [0.25, 0.3) is 0 Å². The Morgan fingerprint density at radius 3 is 2.79 bits per heavy atom. The minimum Gasteiger partial charge on any atom is -0.508 e. The lowest BCUT2D eigenvalue weighted by Crippen LogP contribution is -2.34. The van der Waals surface area contributed by atoms with Crippen molar-refractivity contribution < 1.29 is 5.11 Å². The van der Waals surface area contributed by atoms with Crippen LogP contribution in [-0.2, 0) is 6.54 Å². The van der Waals surface area contributed by atoms with Crippen LogP contribution in [0.3, 0.4) is 0 Å². The highest BCUT2D eigenvalue weighted by Crippen LogP contribution is 2.23. The van der Waals surface area contributed by atoms with Gasteiger partial charge in [0, 0.05) is 22.6 Å². The monoisotopic (exact) mass is 255 g/mol. The molecule has 2 rings (SSSR count). The smallest absolute Gasteiger partial charge is 0.121 e. The number of phenols is 1. The molecule has 0 aromatic heterocycles. The van der Waals surface area contributed by atoms with E-state index in [4.69, 9.17) is 0 Å². The van der Waals surface area contributed by atoms with Gasteiger partial charge in [0.2, 0.25) is 0 Å². The molecule has 0 unspecified atom stereocenters. The summed E-state index contributed by atoms with van der Waals surface area (Å²) in [7, 11) is 0. The van der Waals surface area contributed by atoms with Gasteiger partial charge in [-0.05, 0) is 25.0 Å². The van der Waals surface area contributed by atoms with E-state index < -0.39 is 0 Å². The molecule has 0 bridgehead atoms. The molecule has 2 nitrogen and oxygen atoms in total. The second kappa shape index (κ2) is 4.32. The van der Waals surface area contributed by atoms with Gasteiger partial charge in [0.05, 0.1) is 0 Å². The van der Waals surface area contributed by atoms with Crippen molar-refractivity contribution in [3.63, 3.8) is 0 Å². The zero-order valence-corrected chi connectivity index (χ0v) is 9.55. The first-order valence-corrected chi connectivity index (χ1v) is 5.76. The minimum absolute atomic E-state index is 0.367. The molecule has 1 aliphatic rings. The van der Waals surface area contributed by atoms with Crippen LogP contribution in [0, 0.1) is 0 Å². The second-order valence-electron chi connectivity index (χ2n) is 3.78. The standard InChI is InChI=1S/C11H14BrNO/c12-9-5-4-8(11(14)6-9)7-13-10-2-1-3-10/h4-6,10,13-14H,1-3,7H2. The summed E-state index contributed by atoms with van der Waals surface area (Å²) in [5.41, 5.74) is 0.972. The second-order valence-corrected chi connectivity index (χ2v) is 4.70. The van der Waals surface area contributed by atoms with Crippen LogP contribution >= 0.6 is 15.9 Å². The van der Waals surface area contributed by atoms with Gasteiger partial charge in [-0.15, -0.1) is 0 Å². The number of phenolic OH excluding ortho intramolecular Hbond substituents is 1. The third-order valence-corrected chi connectivity index (χ3v) is 3.23. The zero-order valence-electron chi connectivity index (χ0n) is 7.96. The third kappa shape index (κ3) is 2.28. The van der Waals surface area contributed by atoms with Gasteiger partial charge in [0.1, 0.15) is 5.75 Å². The summed E-state index contributed by atoms with van der Waals surface area (Å²) in [6.45, 7) is 0.768. The Labute approximate surface area is 92.5 Å². The Balaban J connectivity index is 1.94. The van der Waals surface area contributed by atoms with Gasteiger partial charge in [-0.3, -0.25) is 0 Å². The Morgan fingerprint density at radius 2 is 2.21 bits per heavy atom. The molecule has 1 fully saturated rings. The predicted octanol–water partition coefficient (Wildman–Crippen LogP) is 2.80. The van der Waals surface area contributed by atoms with E-state index in [0.717, 1.165) is 16.6 Å². The maximum atomic E-state index is 9.62. The maximum absolute atomic E-state index is 9.62. The van der Waals surface area contributed by atoms with Crippen molar-refractivity contribution in [1.29, 1.82) is 0 Å². The molecule has 14 heavy (non-hydrogen) atoms. The molecular formula is C11H14BrNO. The normalized spacial score (nSPS) is 16.6. The number of benzene rings is 1. The van der Waals surface area contributed by atoms with Crippen molar-refractivity contribution in [2.24, 2.45) is 0 Å². The lowest BCUT2D eigenvalue weighted by Gasteiger charge is -2.26. The van der Waals surface area contributed by atoms with Crippen molar-refractivity contribution in [2.45, 2.75) is 31.8 Å². The largest absolute Gasteiger partial charge is 0.508 e. The molecule has 0 saturated heterocycles. The highest BCUT2D eigenvalue weighted by molar-refractivity contribution is 9.10. The van der Waals surface area contributed by atoms with Gasteiger partial charge < -0.3 is 10.4 Å². The number of hydrogen-bond acceptors (Lipinski definition) is 2. The van der Waals surface area contributed by atoms with E-state index in [0.29, 0.717) is 11.8 Å². The van der Waals surface area contributed by atoms with Crippen LogP contribution in [0.2, 0.25) is 0 Å². The van der Waals surface area contributed by atoms with E-state index >= 15 is 0 Å². The van der Waals surface area contributed by atoms with Crippen molar-refractivity contribution in [2.75, 3.05) is 0 Å². The summed E-state index contributed by atoms with van der Waals surface area (Å²) in [5.74, 6) is 0.367. The average Bonchev–Trinajstić information content (AvgIpc) is 2.05. The number of halogens is 1. The Morgan fingerprint density at radius 1 is 1.43 bits per heavy atom. The first-order chi connectivity index (χ1) is 6.75. The molecule has 0 spiro atoms. The number of hydrogen-bond donors (Lipinski definition) is 2. The average molecular weight is 256 g/mol. The molecule has 3 heteroatoms. The fourth-order valence-electron chi connectivity index (χ4n) is 1.55. The van der Waals surface area contributed by atoms with Gasteiger partial charge in [-0.2, -0.15) is 0 Å². The first-order valence-electron chi connectivity index (χ1n) is 4.96.